The van der Waals surface area contributed by atoms with Gasteiger partial charge in [-0.3, -0.25) is 9.45 Å². The van der Waals surface area contributed by atoms with Crippen molar-refractivity contribution in [3.05, 3.63) is 59.7 Å². The largest absolute Gasteiger partial charge is 0.475 e. The SMILES string of the molecule is CCN(Cc1cccc(S(=O)(=O)O)c1)C(C)Oc1cccc(C)c1. The van der Waals surface area contributed by atoms with Gasteiger partial charge in [-0.25, -0.2) is 0 Å². The second-order valence-electron chi connectivity index (χ2n) is 5.72. The Labute approximate surface area is 143 Å². The Bertz CT molecular complexity index is 789. The zero-order valence-corrected chi connectivity index (χ0v) is 15.0. The monoisotopic (exact) mass is 349 g/mol. The number of nitrogens with zero attached hydrogens (tertiary/aromatic N) is 1. The molecule has 1 atom stereocenters. The maximum absolute atomic E-state index is 11.3. The molecule has 6 heteroatoms. The van der Waals surface area contributed by atoms with Crippen molar-refractivity contribution in [1.82, 2.24) is 4.90 Å². The Balaban J connectivity index is 2.11. The summed E-state index contributed by atoms with van der Waals surface area (Å²) in [5, 5.41) is 0. The van der Waals surface area contributed by atoms with Crippen molar-refractivity contribution >= 4 is 10.1 Å². The van der Waals surface area contributed by atoms with Crippen LogP contribution in [0.3, 0.4) is 0 Å². The Morgan fingerprint density at radius 1 is 1.17 bits per heavy atom. The van der Waals surface area contributed by atoms with Crippen LogP contribution in [0.2, 0.25) is 0 Å². The average Bonchev–Trinajstić information content (AvgIpc) is 2.52. The number of benzene rings is 2. The van der Waals surface area contributed by atoms with Crippen LogP contribution in [0.5, 0.6) is 5.75 Å². The molecule has 0 saturated heterocycles. The topological polar surface area (TPSA) is 66.8 Å². The zero-order chi connectivity index (χ0) is 17.7. The Kier molecular flexibility index (Phi) is 5.99. The summed E-state index contributed by atoms with van der Waals surface area (Å²) in [5.41, 5.74) is 1.93. The minimum Gasteiger partial charge on any atom is -0.475 e. The molecule has 130 valence electrons. The van der Waals surface area contributed by atoms with E-state index < -0.39 is 10.1 Å². The third-order valence-corrected chi connectivity index (χ3v) is 4.65. The molecule has 1 unspecified atom stereocenters. The summed E-state index contributed by atoms with van der Waals surface area (Å²) >= 11 is 0. The Hall–Kier alpha value is -1.89. The molecule has 1 N–H and O–H groups in total. The lowest BCUT2D eigenvalue weighted by Crippen LogP contribution is -2.36. The molecule has 2 aromatic carbocycles. The summed E-state index contributed by atoms with van der Waals surface area (Å²) < 4.78 is 37.7. The standard InChI is InChI=1S/C18H23NO4S/c1-4-19(15(3)23-17-9-5-7-14(2)11-17)13-16-8-6-10-18(12-16)24(20,21)22/h5-12,15H,4,13H2,1-3H3,(H,20,21,22). The van der Waals surface area contributed by atoms with E-state index in [1.807, 2.05) is 51.1 Å². The number of hydrogen-bond donors (Lipinski definition) is 1. The zero-order valence-electron chi connectivity index (χ0n) is 14.1. The summed E-state index contributed by atoms with van der Waals surface area (Å²) in [7, 11) is -4.19. The smallest absolute Gasteiger partial charge is 0.294 e. The Morgan fingerprint density at radius 3 is 2.50 bits per heavy atom. The van der Waals surface area contributed by atoms with Gasteiger partial charge in [-0.1, -0.05) is 31.2 Å². The first-order chi connectivity index (χ1) is 11.3. The fraction of sp³-hybridized carbons (Fsp3) is 0.333. The highest BCUT2D eigenvalue weighted by atomic mass is 32.2. The minimum absolute atomic E-state index is 0.0942. The fourth-order valence-electron chi connectivity index (χ4n) is 2.50. The van der Waals surface area contributed by atoms with Crippen LogP contribution in [0.25, 0.3) is 0 Å². The first-order valence-corrected chi connectivity index (χ1v) is 9.27. The van der Waals surface area contributed by atoms with Crippen molar-refractivity contribution in [2.24, 2.45) is 0 Å². The highest BCUT2D eigenvalue weighted by Gasteiger charge is 2.16. The molecule has 2 aromatic rings. The van der Waals surface area contributed by atoms with Gasteiger partial charge in [0.2, 0.25) is 0 Å². The molecule has 0 spiro atoms. The fourth-order valence-corrected chi connectivity index (χ4v) is 3.05. The molecule has 5 nitrogen and oxygen atoms in total. The third kappa shape index (κ3) is 5.06. The van der Waals surface area contributed by atoms with Crippen LogP contribution in [-0.4, -0.2) is 30.6 Å². The van der Waals surface area contributed by atoms with Gasteiger partial charge in [-0.2, -0.15) is 8.42 Å². The van der Waals surface area contributed by atoms with Gasteiger partial charge < -0.3 is 4.74 Å². The van der Waals surface area contributed by atoms with Crippen molar-refractivity contribution < 1.29 is 17.7 Å². The van der Waals surface area contributed by atoms with Crippen LogP contribution in [-0.2, 0) is 16.7 Å². The molecule has 0 aliphatic carbocycles. The van der Waals surface area contributed by atoms with Gasteiger partial charge in [0.05, 0.1) is 4.90 Å². The van der Waals surface area contributed by atoms with Crippen LogP contribution in [0.4, 0.5) is 0 Å². The van der Waals surface area contributed by atoms with Crippen LogP contribution in [0.15, 0.2) is 53.4 Å². The molecule has 0 saturated carbocycles. The maximum atomic E-state index is 11.3. The molecule has 0 fully saturated rings. The highest BCUT2D eigenvalue weighted by molar-refractivity contribution is 7.85. The summed E-state index contributed by atoms with van der Waals surface area (Å²) in [6.45, 7) is 7.24. The normalized spacial score (nSPS) is 13.0. The number of hydrogen-bond acceptors (Lipinski definition) is 4. The molecule has 0 bridgehead atoms. The molecular weight excluding hydrogens is 326 g/mol. The molecular formula is C18H23NO4S. The van der Waals surface area contributed by atoms with E-state index in [4.69, 9.17) is 9.29 Å². The van der Waals surface area contributed by atoms with Crippen LogP contribution in [0.1, 0.15) is 25.0 Å². The minimum atomic E-state index is -4.19. The van der Waals surface area contributed by atoms with E-state index in [1.54, 1.807) is 6.07 Å². The highest BCUT2D eigenvalue weighted by Crippen LogP contribution is 2.18. The van der Waals surface area contributed by atoms with Gasteiger partial charge in [0.1, 0.15) is 12.0 Å². The van der Waals surface area contributed by atoms with E-state index in [0.717, 1.165) is 23.4 Å². The number of rotatable bonds is 7. The predicted molar refractivity (Wildman–Crippen MR) is 93.6 cm³/mol. The van der Waals surface area contributed by atoms with E-state index in [9.17, 15) is 8.42 Å². The van der Waals surface area contributed by atoms with Gasteiger partial charge >= 0.3 is 0 Å². The van der Waals surface area contributed by atoms with E-state index in [1.165, 1.54) is 12.1 Å². The van der Waals surface area contributed by atoms with Gasteiger partial charge in [0.25, 0.3) is 10.1 Å². The molecule has 0 aliphatic rings. The van der Waals surface area contributed by atoms with Crippen molar-refractivity contribution in [2.45, 2.75) is 38.4 Å². The molecule has 0 amide bonds. The summed E-state index contributed by atoms with van der Waals surface area (Å²) in [6.07, 6.45) is -0.175. The van der Waals surface area contributed by atoms with E-state index in [-0.39, 0.29) is 11.1 Å². The lowest BCUT2D eigenvalue weighted by Gasteiger charge is -2.28. The summed E-state index contributed by atoms with van der Waals surface area (Å²) in [6, 6.07) is 14.2. The first-order valence-electron chi connectivity index (χ1n) is 7.83. The van der Waals surface area contributed by atoms with E-state index in [0.29, 0.717) is 6.54 Å². The van der Waals surface area contributed by atoms with Crippen LogP contribution in [0, 0.1) is 6.92 Å². The first kappa shape index (κ1) is 18.4. The van der Waals surface area contributed by atoms with Gasteiger partial charge in [0, 0.05) is 6.54 Å². The molecule has 0 radical (unpaired) electrons. The number of aryl methyl sites for hydroxylation is 1. The molecule has 0 aliphatic heterocycles. The van der Waals surface area contributed by atoms with E-state index in [2.05, 4.69) is 4.90 Å². The van der Waals surface area contributed by atoms with E-state index >= 15 is 0 Å². The van der Waals surface area contributed by atoms with Gasteiger partial charge in [-0.15, -0.1) is 0 Å². The second kappa shape index (κ2) is 7.79. The van der Waals surface area contributed by atoms with Gasteiger partial charge in [0.15, 0.2) is 0 Å². The average molecular weight is 349 g/mol. The van der Waals surface area contributed by atoms with Crippen LogP contribution < -0.4 is 4.74 Å². The molecule has 0 aromatic heterocycles. The van der Waals surface area contributed by atoms with Crippen LogP contribution >= 0.6 is 0 Å². The van der Waals surface area contributed by atoms with Crippen molar-refractivity contribution in [2.75, 3.05) is 6.54 Å². The third-order valence-electron chi connectivity index (χ3n) is 3.80. The molecule has 2 rings (SSSR count). The maximum Gasteiger partial charge on any atom is 0.294 e. The lowest BCUT2D eigenvalue weighted by atomic mass is 10.2. The van der Waals surface area contributed by atoms with Crippen molar-refractivity contribution in [3.63, 3.8) is 0 Å². The molecule has 0 heterocycles. The lowest BCUT2D eigenvalue weighted by molar-refractivity contribution is 0.0375. The Morgan fingerprint density at radius 2 is 1.88 bits per heavy atom. The summed E-state index contributed by atoms with van der Waals surface area (Å²) in [5.74, 6) is 0.799. The predicted octanol–water partition coefficient (Wildman–Crippen LogP) is 3.49. The van der Waals surface area contributed by atoms with Crippen molar-refractivity contribution in [3.8, 4) is 5.75 Å². The van der Waals surface area contributed by atoms with Gasteiger partial charge in [-0.05, 0) is 55.8 Å². The van der Waals surface area contributed by atoms with Crippen molar-refractivity contribution in [1.29, 1.82) is 0 Å². The quantitative estimate of drug-likeness (QED) is 0.612. The summed E-state index contributed by atoms with van der Waals surface area (Å²) in [4.78, 5) is 1.98. The second-order valence-corrected chi connectivity index (χ2v) is 7.14. The molecule has 24 heavy (non-hydrogen) atoms. The number of ether oxygens (including phenoxy) is 1.